The molecule has 0 aromatic heterocycles. The van der Waals surface area contributed by atoms with Gasteiger partial charge in [0.1, 0.15) is 0 Å². The van der Waals surface area contributed by atoms with Gasteiger partial charge in [-0.05, 0) is 48.1 Å². The second kappa shape index (κ2) is 6.86. The van der Waals surface area contributed by atoms with Crippen LogP contribution in [0.3, 0.4) is 0 Å². The van der Waals surface area contributed by atoms with Gasteiger partial charge in [0, 0.05) is 4.91 Å². The van der Waals surface area contributed by atoms with Gasteiger partial charge < -0.3 is 5.11 Å². The fourth-order valence-electron chi connectivity index (χ4n) is 1.65. The molecule has 5 heteroatoms. The highest BCUT2D eigenvalue weighted by Crippen LogP contribution is 2.49. The Hall–Kier alpha value is 0.0800. The highest BCUT2D eigenvalue weighted by atomic mass is 33.3. The van der Waals surface area contributed by atoms with Gasteiger partial charge in [0.15, 0.2) is 0 Å². The van der Waals surface area contributed by atoms with E-state index in [0.29, 0.717) is 17.1 Å². The van der Waals surface area contributed by atoms with Gasteiger partial charge in [0.25, 0.3) is 0 Å². The smallest absolute Gasteiger partial charge is 0.341 e. The molecule has 0 bridgehead atoms. The van der Waals surface area contributed by atoms with Crippen molar-refractivity contribution in [2.45, 2.75) is 40.5 Å². The summed E-state index contributed by atoms with van der Waals surface area (Å²) >= 11 is 0. The largest absolute Gasteiger partial charge is 0.477 e. The van der Waals surface area contributed by atoms with Crippen molar-refractivity contribution in [2.24, 2.45) is 11.8 Å². The molecule has 0 radical (unpaired) electrons. The Morgan fingerprint density at radius 2 is 1.82 bits per heavy atom. The Labute approximate surface area is 113 Å². The molecule has 2 nitrogen and oxygen atoms in total. The number of hydrogen-bond acceptors (Lipinski definition) is 3. The molecule has 0 aromatic carbocycles. The molecule has 0 unspecified atom stereocenters. The van der Waals surface area contributed by atoms with Crippen LogP contribution in [-0.4, -0.2) is 16.4 Å². The molecule has 0 saturated carbocycles. The fraction of sp³-hybridized carbons (Fsp3) is 0.667. The lowest BCUT2D eigenvalue weighted by atomic mass is 9.97. The zero-order valence-corrected chi connectivity index (χ0v) is 13.2. The van der Waals surface area contributed by atoms with Crippen molar-refractivity contribution in [1.29, 1.82) is 0 Å². The van der Waals surface area contributed by atoms with Crippen molar-refractivity contribution in [3.8, 4) is 0 Å². The molecular formula is C12H19O2PS2. The molecule has 0 atom stereocenters. The van der Waals surface area contributed by atoms with Gasteiger partial charge in [0.2, 0.25) is 0 Å². The van der Waals surface area contributed by atoms with Crippen LogP contribution in [0.2, 0.25) is 0 Å². The third-order valence-corrected chi connectivity index (χ3v) is 6.64. The quantitative estimate of drug-likeness (QED) is 0.580. The van der Waals surface area contributed by atoms with Crippen molar-refractivity contribution < 1.29 is 9.90 Å². The second-order valence-electron chi connectivity index (χ2n) is 5.00. The Kier molecular flexibility index (Phi) is 6.11. The van der Waals surface area contributed by atoms with E-state index < -0.39 is 5.97 Å². The van der Waals surface area contributed by atoms with Crippen molar-refractivity contribution in [3.05, 3.63) is 10.5 Å². The first kappa shape index (κ1) is 15.1. The number of hydrogen-bond donors (Lipinski definition) is 1. The number of carboxylic acids is 1. The van der Waals surface area contributed by atoms with E-state index in [1.807, 2.05) is 0 Å². The summed E-state index contributed by atoms with van der Waals surface area (Å²) in [6, 6.07) is 0. The van der Waals surface area contributed by atoms with Gasteiger partial charge in [-0.15, -0.1) is 0 Å². The molecule has 0 aliphatic carbocycles. The second-order valence-corrected chi connectivity index (χ2v) is 9.28. The van der Waals surface area contributed by atoms with E-state index in [1.54, 1.807) is 21.2 Å². The zero-order valence-electron chi connectivity index (χ0n) is 10.7. The number of carbonyl (C=O) groups is 1. The molecule has 0 spiro atoms. The minimum atomic E-state index is -0.753. The summed E-state index contributed by atoms with van der Waals surface area (Å²) in [6.45, 7) is 8.64. The Morgan fingerprint density at radius 3 is 2.29 bits per heavy atom. The van der Waals surface area contributed by atoms with Gasteiger partial charge in [-0.1, -0.05) is 38.5 Å². The first-order chi connectivity index (χ1) is 7.91. The Bertz CT molecular complexity index is 360. The van der Waals surface area contributed by atoms with E-state index in [2.05, 4.69) is 27.7 Å². The SMILES string of the molecule is CC(C)CC1=C(CC(C)C)C(C(=O)O)=PSS1. The van der Waals surface area contributed by atoms with E-state index in [9.17, 15) is 9.90 Å². The third-order valence-electron chi connectivity index (χ3n) is 2.30. The van der Waals surface area contributed by atoms with Crippen molar-refractivity contribution in [1.82, 2.24) is 0 Å². The molecule has 1 N–H and O–H groups in total. The van der Waals surface area contributed by atoms with E-state index in [1.165, 1.54) is 4.91 Å². The lowest BCUT2D eigenvalue weighted by Gasteiger charge is -2.20. The van der Waals surface area contributed by atoms with Gasteiger partial charge in [-0.2, -0.15) is 0 Å². The van der Waals surface area contributed by atoms with E-state index in [-0.39, 0.29) is 0 Å². The summed E-state index contributed by atoms with van der Waals surface area (Å²) in [4.78, 5) is 12.5. The monoisotopic (exact) mass is 290 g/mol. The minimum Gasteiger partial charge on any atom is -0.477 e. The standard InChI is InChI=1S/C12H19O2PS2/c1-7(2)5-9-10(6-8(3)4)16-17-15-11(9)12(13)14/h7-8H,5-6H2,1-4H3,(H,13,14). The summed E-state index contributed by atoms with van der Waals surface area (Å²) in [6.07, 6.45) is 1.87. The number of rotatable bonds is 5. The average molecular weight is 290 g/mol. The first-order valence-electron chi connectivity index (χ1n) is 5.79. The number of carboxylic acid groups (broad SMARTS) is 1. The molecule has 1 heterocycles. The van der Waals surface area contributed by atoms with Crippen LogP contribution in [0.15, 0.2) is 10.5 Å². The topological polar surface area (TPSA) is 37.3 Å². The molecule has 1 rings (SSSR count). The molecule has 1 aliphatic heterocycles. The van der Waals surface area contributed by atoms with Crippen LogP contribution in [-0.2, 0) is 4.79 Å². The van der Waals surface area contributed by atoms with Crippen LogP contribution in [0.4, 0.5) is 0 Å². The highest BCUT2D eigenvalue weighted by Gasteiger charge is 2.24. The molecule has 1 aliphatic rings. The summed E-state index contributed by atoms with van der Waals surface area (Å²) in [7, 11) is 4.27. The summed E-state index contributed by atoms with van der Waals surface area (Å²) in [5.74, 6) is 0.321. The summed E-state index contributed by atoms with van der Waals surface area (Å²) in [5.41, 5.74) is 1.09. The highest BCUT2D eigenvalue weighted by molar-refractivity contribution is 8.97. The predicted molar refractivity (Wildman–Crippen MR) is 80.7 cm³/mol. The molecule has 96 valence electrons. The van der Waals surface area contributed by atoms with Crippen LogP contribution in [0.5, 0.6) is 0 Å². The Morgan fingerprint density at radius 1 is 1.24 bits per heavy atom. The van der Waals surface area contributed by atoms with Crippen molar-refractivity contribution in [2.75, 3.05) is 0 Å². The van der Waals surface area contributed by atoms with Crippen LogP contribution < -0.4 is 0 Å². The normalized spacial score (nSPS) is 17.6. The van der Waals surface area contributed by atoms with Crippen LogP contribution in [0, 0.1) is 11.8 Å². The van der Waals surface area contributed by atoms with E-state index in [4.69, 9.17) is 0 Å². The van der Waals surface area contributed by atoms with E-state index >= 15 is 0 Å². The third kappa shape index (κ3) is 4.69. The Balaban J connectivity index is 3.04. The molecule has 0 amide bonds. The van der Waals surface area contributed by atoms with Crippen molar-refractivity contribution >= 4 is 39.9 Å². The van der Waals surface area contributed by atoms with Gasteiger partial charge in [-0.25, -0.2) is 4.79 Å². The first-order valence-corrected chi connectivity index (χ1v) is 9.44. The number of allylic oxidation sites excluding steroid dienone is 1. The van der Waals surface area contributed by atoms with Gasteiger partial charge in [-0.3, -0.25) is 0 Å². The molecule has 0 fully saturated rings. The lowest BCUT2D eigenvalue weighted by molar-refractivity contribution is -0.129. The zero-order chi connectivity index (χ0) is 13.0. The van der Waals surface area contributed by atoms with Crippen molar-refractivity contribution in [3.63, 3.8) is 0 Å². The summed E-state index contributed by atoms with van der Waals surface area (Å²) in [5, 5.41) is 9.87. The molecule has 17 heavy (non-hydrogen) atoms. The van der Waals surface area contributed by atoms with Crippen LogP contribution in [0.25, 0.3) is 0 Å². The summed E-state index contributed by atoms with van der Waals surface area (Å²) < 4.78 is 0. The van der Waals surface area contributed by atoms with Crippen LogP contribution in [0.1, 0.15) is 40.5 Å². The van der Waals surface area contributed by atoms with Gasteiger partial charge >= 0.3 is 5.97 Å². The minimum absolute atomic E-state index is 0.500. The molecule has 0 aromatic rings. The maximum Gasteiger partial charge on any atom is 0.341 e. The molecular weight excluding hydrogens is 271 g/mol. The van der Waals surface area contributed by atoms with Gasteiger partial charge in [0.05, 0.1) is 5.29 Å². The predicted octanol–water partition coefficient (Wildman–Crippen LogP) is 4.85. The fourth-order valence-corrected chi connectivity index (χ4v) is 6.52. The van der Waals surface area contributed by atoms with E-state index in [0.717, 1.165) is 25.8 Å². The maximum atomic E-state index is 11.3. The molecule has 0 saturated heterocycles. The average Bonchev–Trinajstić information content (AvgIpc) is 2.18. The maximum absolute atomic E-state index is 11.3. The number of aliphatic carboxylic acids is 1. The lowest BCUT2D eigenvalue weighted by Crippen LogP contribution is -2.17. The van der Waals surface area contributed by atoms with Crippen LogP contribution >= 0.6 is 28.6 Å².